The molecule has 19 heavy (non-hydrogen) atoms. The van der Waals surface area contributed by atoms with Gasteiger partial charge in [0.2, 0.25) is 0 Å². The third-order valence-electron chi connectivity index (χ3n) is 2.31. The van der Waals surface area contributed by atoms with Crippen molar-refractivity contribution in [3.63, 3.8) is 0 Å². The third-order valence-corrected chi connectivity index (χ3v) is 2.31. The number of carboxylic acids is 1. The summed E-state index contributed by atoms with van der Waals surface area (Å²) < 4.78 is 10.7. The van der Waals surface area contributed by atoms with Crippen LogP contribution in [0, 0.1) is 11.3 Å². The van der Waals surface area contributed by atoms with E-state index < -0.39 is 5.97 Å². The summed E-state index contributed by atoms with van der Waals surface area (Å²) in [5.41, 5.74) is 0.240. The molecule has 0 radical (unpaired) electrons. The molecule has 5 nitrogen and oxygen atoms in total. The maximum absolute atomic E-state index is 10.8. The second kappa shape index (κ2) is 7.07. The van der Waals surface area contributed by atoms with Crippen LogP contribution in [0.3, 0.4) is 0 Å². The molecule has 0 bridgehead atoms. The predicted molar refractivity (Wildman–Crippen MR) is 70.0 cm³/mol. The molecule has 0 saturated carbocycles. The lowest BCUT2D eigenvalue weighted by molar-refractivity contribution is -0.132. The van der Waals surface area contributed by atoms with Crippen LogP contribution >= 0.6 is 0 Å². The fourth-order valence-electron chi connectivity index (χ4n) is 1.41. The van der Waals surface area contributed by atoms with Gasteiger partial charge in [-0.25, -0.2) is 4.79 Å². The Morgan fingerprint density at radius 1 is 1.47 bits per heavy atom. The molecule has 0 fully saturated rings. The molecule has 1 aromatic carbocycles. The Morgan fingerprint density at radius 2 is 2.21 bits per heavy atom. The van der Waals surface area contributed by atoms with Gasteiger partial charge in [-0.15, -0.1) is 0 Å². The van der Waals surface area contributed by atoms with Crippen LogP contribution in [0.5, 0.6) is 11.5 Å². The molecule has 0 saturated heterocycles. The van der Waals surface area contributed by atoms with E-state index in [1.807, 2.05) is 6.92 Å². The molecule has 0 aliphatic carbocycles. The van der Waals surface area contributed by atoms with Gasteiger partial charge < -0.3 is 14.6 Å². The van der Waals surface area contributed by atoms with Crippen molar-refractivity contribution in [1.82, 2.24) is 0 Å². The number of benzene rings is 1. The van der Waals surface area contributed by atoms with E-state index in [1.165, 1.54) is 13.2 Å². The molecule has 1 rings (SSSR count). The van der Waals surface area contributed by atoms with E-state index in [9.17, 15) is 4.79 Å². The minimum Gasteiger partial charge on any atom is -0.493 e. The van der Waals surface area contributed by atoms with E-state index >= 15 is 0 Å². The van der Waals surface area contributed by atoms with Crippen molar-refractivity contribution in [1.29, 1.82) is 5.26 Å². The van der Waals surface area contributed by atoms with E-state index in [4.69, 9.17) is 19.8 Å². The molecular formula is C14H15NO4. The Hall–Kier alpha value is -2.48. The fourth-order valence-corrected chi connectivity index (χ4v) is 1.41. The molecule has 1 aromatic rings. The number of rotatable bonds is 6. The smallest absolute Gasteiger partial charge is 0.346 e. The van der Waals surface area contributed by atoms with Gasteiger partial charge in [0, 0.05) is 0 Å². The molecule has 0 amide bonds. The summed E-state index contributed by atoms with van der Waals surface area (Å²) in [6.45, 7) is 2.57. The number of nitrogens with zero attached hydrogens (tertiary/aromatic N) is 1. The molecule has 0 atom stereocenters. The number of hydrogen-bond acceptors (Lipinski definition) is 4. The van der Waals surface area contributed by atoms with Crippen LogP contribution in [-0.4, -0.2) is 24.8 Å². The first kappa shape index (κ1) is 14.6. The zero-order valence-corrected chi connectivity index (χ0v) is 10.8. The van der Waals surface area contributed by atoms with Gasteiger partial charge in [-0.3, -0.25) is 0 Å². The van der Waals surface area contributed by atoms with Crippen LogP contribution in [0.1, 0.15) is 18.9 Å². The number of carboxylic acid groups (broad SMARTS) is 1. The molecule has 0 aromatic heterocycles. The molecule has 0 heterocycles. The predicted octanol–water partition coefficient (Wildman–Crippen LogP) is 2.48. The van der Waals surface area contributed by atoms with Crippen molar-refractivity contribution in [3.8, 4) is 17.6 Å². The molecule has 1 N–H and O–H groups in total. The Bertz CT molecular complexity index is 529. The van der Waals surface area contributed by atoms with Crippen LogP contribution in [0.15, 0.2) is 23.8 Å². The quantitative estimate of drug-likeness (QED) is 0.628. The molecule has 0 aliphatic rings. The first-order chi connectivity index (χ1) is 9.12. The summed E-state index contributed by atoms with van der Waals surface area (Å²) in [5, 5.41) is 17.5. The van der Waals surface area contributed by atoms with E-state index in [0.717, 1.165) is 6.42 Å². The van der Waals surface area contributed by atoms with Crippen molar-refractivity contribution in [3.05, 3.63) is 29.3 Å². The van der Waals surface area contributed by atoms with Gasteiger partial charge in [-0.05, 0) is 30.2 Å². The number of ether oxygens (including phenoxy) is 2. The van der Waals surface area contributed by atoms with Gasteiger partial charge in [-0.1, -0.05) is 13.0 Å². The first-order valence-electron chi connectivity index (χ1n) is 5.78. The summed E-state index contributed by atoms with van der Waals surface area (Å²) in [7, 11) is 1.50. The number of carbonyl (C=O) groups is 1. The molecule has 0 spiro atoms. The molecule has 0 aliphatic heterocycles. The lowest BCUT2D eigenvalue weighted by Gasteiger charge is -2.10. The molecular weight excluding hydrogens is 246 g/mol. The minimum atomic E-state index is -1.26. The van der Waals surface area contributed by atoms with Crippen LogP contribution in [0.25, 0.3) is 6.08 Å². The molecule has 0 unspecified atom stereocenters. The Labute approximate surface area is 111 Å². The highest BCUT2D eigenvalue weighted by molar-refractivity contribution is 5.96. The van der Waals surface area contributed by atoms with E-state index in [0.29, 0.717) is 23.7 Å². The van der Waals surface area contributed by atoms with Crippen molar-refractivity contribution in [2.24, 2.45) is 0 Å². The number of nitriles is 1. The van der Waals surface area contributed by atoms with Crippen molar-refractivity contribution >= 4 is 12.0 Å². The van der Waals surface area contributed by atoms with E-state index in [-0.39, 0.29) is 5.57 Å². The van der Waals surface area contributed by atoms with Crippen LogP contribution in [0.2, 0.25) is 0 Å². The van der Waals surface area contributed by atoms with Gasteiger partial charge in [0.05, 0.1) is 13.7 Å². The SMILES string of the molecule is CCCOc1ccc(C=C(C#N)C(=O)O)cc1OC. The summed E-state index contributed by atoms with van der Waals surface area (Å²) in [6.07, 6.45) is 2.16. The Balaban J connectivity index is 3.06. The van der Waals surface area contributed by atoms with Gasteiger partial charge >= 0.3 is 5.97 Å². The zero-order chi connectivity index (χ0) is 14.3. The monoisotopic (exact) mass is 261 g/mol. The largest absolute Gasteiger partial charge is 0.493 e. The summed E-state index contributed by atoms with van der Waals surface area (Å²) in [5.74, 6) is -0.159. The normalized spacial score (nSPS) is 10.7. The molecule has 5 heteroatoms. The minimum absolute atomic E-state index is 0.329. The zero-order valence-electron chi connectivity index (χ0n) is 10.8. The molecule has 100 valence electrons. The summed E-state index contributed by atoms with van der Waals surface area (Å²) in [4.78, 5) is 10.8. The van der Waals surface area contributed by atoms with Gasteiger partial charge in [-0.2, -0.15) is 5.26 Å². The summed E-state index contributed by atoms with van der Waals surface area (Å²) >= 11 is 0. The maximum atomic E-state index is 10.8. The second-order valence-electron chi connectivity index (χ2n) is 3.73. The average Bonchev–Trinajstić information content (AvgIpc) is 2.42. The Kier molecular flexibility index (Phi) is 5.42. The Morgan fingerprint density at radius 3 is 2.74 bits per heavy atom. The van der Waals surface area contributed by atoms with Gasteiger partial charge in [0.1, 0.15) is 11.6 Å². The maximum Gasteiger partial charge on any atom is 0.346 e. The highest BCUT2D eigenvalue weighted by atomic mass is 16.5. The second-order valence-corrected chi connectivity index (χ2v) is 3.73. The summed E-state index contributed by atoms with van der Waals surface area (Å²) in [6, 6.07) is 6.62. The average molecular weight is 261 g/mol. The lowest BCUT2D eigenvalue weighted by atomic mass is 10.1. The van der Waals surface area contributed by atoms with Gasteiger partial charge in [0.15, 0.2) is 11.5 Å². The number of methoxy groups -OCH3 is 1. The van der Waals surface area contributed by atoms with E-state index in [2.05, 4.69) is 0 Å². The van der Waals surface area contributed by atoms with Crippen LogP contribution < -0.4 is 9.47 Å². The van der Waals surface area contributed by atoms with Crippen LogP contribution in [0.4, 0.5) is 0 Å². The highest BCUT2D eigenvalue weighted by Crippen LogP contribution is 2.29. The fraction of sp³-hybridized carbons (Fsp3) is 0.286. The van der Waals surface area contributed by atoms with Gasteiger partial charge in [0.25, 0.3) is 0 Å². The number of aliphatic carboxylic acids is 1. The highest BCUT2D eigenvalue weighted by Gasteiger charge is 2.08. The van der Waals surface area contributed by atoms with Crippen molar-refractivity contribution in [2.45, 2.75) is 13.3 Å². The lowest BCUT2D eigenvalue weighted by Crippen LogP contribution is -1.99. The van der Waals surface area contributed by atoms with Crippen molar-refractivity contribution in [2.75, 3.05) is 13.7 Å². The standard InChI is InChI=1S/C14H15NO4/c1-3-6-19-12-5-4-10(8-13(12)18-2)7-11(9-15)14(16)17/h4-5,7-8H,3,6H2,1-2H3,(H,16,17). The van der Waals surface area contributed by atoms with E-state index in [1.54, 1.807) is 24.3 Å². The topological polar surface area (TPSA) is 79.5 Å². The third kappa shape index (κ3) is 4.03. The number of hydrogen-bond donors (Lipinski definition) is 1. The first-order valence-corrected chi connectivity index (χ1v) is 5.78. The van der Waals surface area contributed by atoms with Crippen molar-refractivity contribution < 1.29 is 19.4 Å². The van der Waals surface area contributed by atoms with Crippen LogP contribution in [-0.2, 0) is 4.79 Å².